The summed E-state index contributed by atoms with van der Waals surface area (Å²) in [6.07, 6.45) is 5.20. The quantitative estimate of drug-likeness (QED) is 0.555. The molecule has 1 atom stereocenters. The average molecular weight is 282 g/mol. The maximum atomic E-state index is 11.2. The Kier molecular flexibility index (Phi) is 6.48. The number of nitrogens with one attached hydrogen (secondary N) is 1. The third-order valence-corrected chi connectivity index (χ3v) is 3.71. The van der Waals surface area contributed by atoms with Crippen molar-refractivity contribution >= 4 is 11.5 Å². The van der Waals surface area contributed by atoms with Gasteiger partial charge in [-0.25, -0.2) is 4.68 Å². The van der Waals surface area contributed by atoms with E-state index in [1.54, 1.807) is 11.7 Å². The van der Waals surface area contributed by atoms with Crippen molar-refractivity contribution in [3.63, 3.8) is 0 Å². The molecule has 0 radical (unpaired) electrons. The number of aryl methyl sites for hydroxylation is 2. The van der Waals surface area contributed by atoms with Gasteiger partial charge in [0.15, 0.2) is 0 Å². The number of rotatable bonds is 9. The van der Waals surface area contributed by atoms with Gasteiger partial charge < -0.3 is 5.32 Å². The summed E-state index contributed by atoms with van der Waals surface area (Å²) < 4.78 is 1.59. The van der Waals surface area contributed by atoms with Crippen molar-refractivity contribution in [3.05, 3.63) is 15.8 Å². The zero-order valence-corrected chi connectivity index (χ0v) is 13.0. The molecule has 0 aliphatic carbocycles. The minimum absolute atomic E-state index is 0.125. The van der Waals surface area contributed by atoms with Crippen LogP contribution in [-0.4, -0.2) is 21.2 Å². The van der Waals surface area contributed by atoms with Crippen molar-refractivity contribution in [1.29, 1.82) is 0 Å². The fourth-order valence-electron chi connectivity index (χ4n) is 2.38. The normalized spacial score (nSPS) is 12.4. The molecule has 1 N–H and O–H groups in total. The number of unbranched alkanes of at least 4 members (excludes halogenated alkanes) is 1. The third-order valence-electron chi connectivity index (χ3n) is 3.71. The molecule has 0 amide bonds. The maximum absolute atomic E-state index is 11.2. The van der Waals surface area contributed by atoms with E-state index in [-0.39, 0.29) is 10.6 Å². The van der Waals surface area contributed by atoms with Gasteiger partial charge in [0.1, 0.15) is 5.69 Å². The number of nitrogens with zero attached hydrogens (tertiary/aromatic N) is 3. The van der Waals surface area contributed by atoms with Crippen LogP contribution in [-0.2, 0) is 13.5 Å². The second-order valence-electron chi connectivity index (χ2n) is 5.18. The van der Waals surface area contributed by atoms with Crippen LogP contribution in [0.25, 0.3) is 0 Å². The summed E-state index contributed by atoms with van der Waals surface area (Å²) in [5.41, 5.74) is 0.668. The molecule has 0 saturated carbocycles. The van der Waals surface area contributed by atoms with Gasteiger partial charge in [0.2, 0.25) is 5.82 Å². The Hall–Kier alpha value is -1.59. The van der Waals surface area contributed by atoms with Crippen LogP contribution in [0.2, 0.25) is 0 Å². The van der Waals surface area contributed by atoms with Crippen molar-refractivity contribution in [2.75, 3.05) is 11.9 Å². The van der Waals surface area contributed by atoms with Crippen LogP contribution < -0.4 is 5.32 Å². The van der Waals surface area contributed by atoms with Crippen molar-refractivity contribution in [2.24, 2.45) is 13.0 Å². The first-order chi connectivity index (χ1) is 9.54. The highest BCUT2D eigenvalue weighted by Crippen LogP contribution is 2.29. The fourth-order valence-corrected chi connectivity index (χ4v) is 2.38. The van der Waals surface area contributed by atoms with Crippen molar-refractivity contribution in [1.82, 2.24) is 9.78 Å². The van der Waals surface area contributed by atoms with E-state index in [4.69, 9.17) is 0 Å². The first-order valence-corrected chi connectivity index (χ1v) is 7.49. The molecule has 6 nitrogen and oxygen atoms in total. The van der Waals surface area contributed by atoms with E-state index < -0.39 is 0 Å². The Bertz CT molecular complexity index is 443. The number of nitro groups is 1. The van der Waals surface area contributed by atoms with Crippen molar-refractivity contribution in [2.45, 2.75) is 52.9 Å². The Morgan fingerprint density at radius 2 is 2.10 bits per heavy atom. The topological polar surface area (TPSA) is 73.0 Å². The number of aromatic nitrogens is 2. The fraction of sp³-hybridized carbons (Fsp3) is 0.786. The van der Waals surface area contributed by atoms with Gasteiger partial charge in [-0.15, -0.1) is 0 Å². The highest BCUT2D eigenvalue weighted by molar-refractivity contribution is 5.59. The smallest absolute Gasteiger partial charge is 0.333 e. The second kappa shape index (κ2) is 7.87. The summed E-state index contributed by atoms with van der Waals surface area (Å²) in [5, 5.41) is 18.7. The Morgan fingerprint density at radius 3 is 2.60 bits per heavy atom. The Labute approximate surface area is 120 Å². The van der Waals surface area contributed by atoms with Crippen molar-refractivity contribution in [3.8, 4) is 0 Å². The molecule has 0 bridgehead atoms. The van der Waals surface area contributed by atoms with Gasteiger partial charge in [0.25, 0.3) is 0 Å². The molecule has 0 saturated heterocycles. The zero-order valence-electron chi connectivity index (χ0n) is 13.0. The molecule has 1 unspecified atom stereocenters. The molecule has 1 aromatic rings. The van der Waals surface area contributed by atoms with Gasteiger partial charge in [0, 0.05) is 13.6 Å². The molecule has 0 aromatic carbocycles. The first kappa shape index (κ1) is 16.5. The van der Waals surface area contributed by atoms with Crippen molar-refractivity contribution < 1.29 is 4.92 Å². The summed E-state index contributed by atoms with van der Waals surface area (Å²) in [6.45, 7) is 6.99. The minimum atomic E-state index is -0.332. The lowest BCUT2D eigenvalue weighted by Crippen LogP contribution is -2.16. The van der Waals surface area contributed by atoms with Gasteiger partial charge in [0.05, 0.1) is 4.92 Å². The number of anilines is 1. The molecule has 0 aliphatic heterocycles. The van der Waals surface area contributed by atoms with Crippen LogP contribution in [0.1, 0.15) is 52.1 Å². The Morgan fingerprint density at radius 1 is 1.40 bits per heavy atom. The van der Waals surface area contributed by atoms with Crippen LogP contribution in [0.4, 0.5) is 11.5 Å². The molecule has 0 fully saturated rings. The molecule has 114 valence electrons. The summed E-state index contributed by atoms with van der Waals surface area (Å²) in [7, 11) is 1.75. The van der Waals surface area contributed by atoms with Crippen LogP contribution >= 0.6 is 0 Å². The SMILES string of the molecule is CCCCC(CC)CNc1c([N+](=O)[O-])c(CC)nn1C. The molecule has 1 heterocycles. The highest BCUT2D eigenvalue weighted by atomic mass is 16.6. The van der Waals surface area contributed by atoms with Crippen LogP contribution in [0.3, 0.4) is 0 Å². The zero-order chi connectivity index (χ0) is 15.1. The monoisotopic (exact) mass is 282 g/mol. The molecule has 0 aliphatic rings. The molecule has 0 spiro atoms. The van der Waals surface area contributed by atoms with E-state index in [0.717, 1.165) is 19.4 Å². The largest absolute Gasteiger partial charge is 0.364 e. The lowest BCUT2D eigenvalue weighted by Gasteiger charge is -2.15. The summed E-state index contributed by atoms with van der Waals surface area (Å²) in [4.78, 5) is 10.9. The molecule has 1 rings (SSSR count). The molecule has 6 heteroatoms. The molecular formula is C14H26N4O2. The average Bonchev–Trinajstić information content (AvgIpc) is 2.75. The predicted octanol–water partition coefficient (Wildman–Crippen LogP) is 3.52. The van der Waals surface area contributed by atoms with E-state index in [1.807, 2.05) is 6.92 Å². The number of hydrogen-bond donors (Lipinski definition) is 1. The predicted molar refractivity (Wildman–Crippen MR) is 81.0 cm³/mol. The van der Waals surface area contributed by atoms with Gasteiger partial charge in [-0.05, 0) is 18.8 Å². The highest BCUT2D eigenvalue weighted by Gasteiger charge is 2.25. The van der Waals surface area contributed by atoms with Crippen LogP contribution in [0.15, 0.2) is 0 Å². The van der Waals surface area contributed by atoms with Gasteiger partial charge in [-0.3, -0.25) is 10.1 Å². The van der Waals surface area contributed by atoms with E-state index in [9.17, 15) is 10.1 Å². The van der Waals surface area contributed by atoms with Gasteiger partial charge in [-0.1, -0.05) is 40.0 Å². The Balaban J connectivity index is 2.81. The molecule has 20 heavy (non-hydrogen) atoms. The standard InChI is InChI=1S/C14H26N4O2/c1-5-8-9-11(6-2)10-15-14-13(18(19)20)12(7-3)16-17(14)4/h11,15H,5-10H2,1-4H3. The molecular weight excluding hydrogens is 256 g/mol. The lowest BCUT2D eigenvalue weighted by molar-refractivity contribution is -0.384. The van der Waals surface area contributed by atoms with E-state index >= 15 is 0 Å². The van der Waals surface area contributed by atoms with E-state index in [1.165, 1.54) is 12.8 Å². The second-order valence-corrected chi connectivity index (χ2v) is 5.18. The van der Waals surface area contributed by atoms with Crippen LogP contribution in [0, 0.1) is 16.0 Å². The minimum Gasteiger partial charge on any atom is -0.364 e. The maximum Gasteiger partial charge on any atom is 0.333 e. The summed E-state index contributed by atoms with van der Waals surface area (Å²) >= 11 is 0. The van der Waals surface area contributed by atoms with Gasteiger partial charge in [-0.2, -0.15) is 5.10 Å². The third kappa shape index (κ3) is 3.95. The van der Waals surface area contributed by atoms with Crippen LogP contribution in [0.5, 0.6) is 0 Å². The summed E-state index contributed by atoms with van der Waals surface area (Å²) in [6, 6.07) is 0. The van der Waals surface area contributed by atoms with E-state index in [0.29, 0.717) is 23.9 Å². The van der Waals surface area contributed by atoms with E-state index in [2.05, 4.69) is 24.3 Å². The molecule has 1 aromatic heterocycles. The van der Waals surface area contributed by atoms with Gasteiger partial charge >= 0.3 is 5.69 Å². The first-order valence-electron chi connectivity index (χ1n) is 7.49. The summed E-state index contributed by atoms with van der Waals surface area (Å²) in [5.74, 6) is 1.08. The number of hydrogen-bond acceptors (Lipinski definition) is 4. The lowest BCUT2D eigenvalue weighted by atomic mass is 9.99.